The summed E-state index contributed by atoms with van der Waals surface area (Å²) in [5.74, 6) is 0.684. The zero-order valence-corrected chi connectivity index (χ0v) is 20.4. The van der Waals surface area contributed by atoms with E-state index >= 15 is 0 Å². The van der Waals surface area contributed by atoms with E-state index in [1.165, 1.54) is 18.2 Å². The first-order chi connectivity index (χ1) is 15.4. The highest BCUT2D eigenvalue weighted by atomic mass is 35.5. The molecule has 1 aliphatic heterocycles. The largest absolute Gasteiger partial charge is 0.288 e. The number of sulfone groups is 2. The van der Waals surface area contributed by atoms with Crippen LogP contribution in [0.1, 0.15) is 44.2 Å². The average molecular weight is 505 g/mol. The molecule has 0 unspecified atom stereocenters. The van der Waals surface area contributed by atoms with Crippen LogP contribution in [0, 0.1) is 0 Å². The van der Waals surface area contributed by atoms with Crippen LogP contribution in [0.15, 0.2) is 62.7 Å². The average Bonchev–Trinajstić information content (AvgIpc) is 2.77. The number of hydrogen-bond acceptors (Lipinski definition) is 6. The van der Waals surface area contributed by atoms with E-state index in [0.29, 0.717) is 12.0 Å². The number of allylic oxidation sites excluding steroid dienone is 3. The standard InChI is InChI=1S/C24H21ClO6S2/c1-24(2)12-13-32(28,29)23-18(24)10-9-17(21(23)25)20-19(11-8-15(14-26)22(20)27)33(30,31)16-6-4-3-5-7-16/h3-7,9-10H,8,11-13H2,1-2H3. The number of Topliss-reactive ketones (excluding diaryl/α,β-unsaturated/α-hetero) is 1. The lowest BCUT2D eigenvalue weighted by atomic mass is 9.80. The maximum atomic E-state index is 13.5. The van der Waals surface area contributed by atoms with E-state index in [2.05, 4.69) is 0 Å². The SMILES string of the molecule is CC1(C)CCS(=O)(=O)c2c1ccc(C1=C(S(=O)(=O)c3ccccc3)CCC(=C=O)C1=O)c2Cl. The Morgan fingerprint density at radius 2 is 1.70 bits per heavy atom. The number of halogens is 1. The summed E-state index contributed by atoms with van der Waals surface area (Å²) in [7, 11) is -7.85. The first-order valence-electron chi connectivity index (χ1n) is 10.3. The van der Waals surface area contributed by atoms with Gasteiger partial charge < -0.3 is 0 Å². The van der Waals surface area contributed by atoms with Crippen molar-refractivity contribution >= 4 is 48.6 Å². The third-order valence-electron chi connectivity index (χ3n) is 6.29. The van der Waals surface area contributed by atoms with Crippen molar-refractivity contribution in [2.24, 2.45) is 0 Å². The van der Waals surface area contributed by atoms with E-state index in [1.807, 2.05) is 13.8 Å². The van der Waals surface area contributed by atoms with Gasteiger partial charge in [0.05, 0.1) is 31.0 Å². The highest BCUT2D eigenvalue weighted by Gasteiger charge is 2.41. The zero-order chi connectivity index (χ0) is 24.2. The van der Waals surface area contributed by atoms with Crippen molar-refractivity contribution < 1.29 is 26.4 Å². The summed E-state index contributed by atoms with van der Waals surface area (Å²) >= 11 is 6.62. The van der Waals surface area contributed by atoms with E-state index in [1.54, 1.807) is 30.2 Å². The van der Waals surface area contributed by atoms with E-state index in [-0.39, 0.29) is 55.0 Å². The van der Waals surface area contributed by atoms with Crippen LogP contribution in [0.2, 0.25) is 5.02 Å². The lowest BCUT2D eigenvalue weighted by Gasteiger charge is -2.33. The van der Waals surface area contributed by atoms with Crippen molar-refractivity contribution in [2.45, 2.75) is 48.3 Å². The second-order valence-electron chi connectivity index (χ2n) is 8.78. The molecule has 4 rings (SSSR count). The molecule has 6 nitrogen and oxygen atoms in total. The maximum Gasteiger partial charge on any atom is 0.203 e. The predicted molar refractivity (Wildman–Crippen MR) is 125 cm³/mol. The summed E-state index contributed by atoms with van der Waals surface area (Å²) in [5, 5.41) is -0.198. The van der Waals surface area contributed by atoms with Crippen LogP contribution in [0.5, 0.6) is 0 Å². The first-order valence-corrected chi connectivity index (χ1v) is 13.8. The Balaban J connectivity index is 2.08. The molecule has 172 valence electrons. The fourth-order valence-electron chi connectivity index (χ4n) is 4.35. The van der Waals surface area contributed by atoms with Gasteiger partial charge in [-0.1, -0.05) is 55.8 Å². The van der Waals surface area contributed by atoms with Gasteiger partial charge in [0.1, 0.15) is 5.94 Å². The number of carbonyl (C=O) groups is 1. The van der Waals surface area contributed by atoms with Gasteiger partial charge in [0, 0.05) is 11.1 Å². The van der Waals surface area contributed by atoms with Gasteiger partial charge in [-0.25, -0.2) is 21.6 Å². The minimum atomic E-state index is -4.11. The summed E-state index contributed by atoms with van der Waals surface area (Å²) in [6, 6.07) is 10.7. The molecule has 2 aromatic rings. The molecule has 0 bridgehead atoms. The fourth-order valence-corrected chi connectivity index (χ4v) is 8.65. The molecule has 1 heterocycles. The Labute approximate surface area is 197 Å². The Morgan fingerprint density at radius 1 is 1.03 bits per heavy atom. The molecular weight excluding hydrogens is 484 g/mol. The summed E-state index contributed by atoms with van der Waals surface area (Å²) in [6.45, 7) is 3.81. The molecule has 0 fully saturated rings. The second-order valence-corrected chi connectivity index (χ2v) is 13.2. The Bertz CT molecular complexity index is 1480. The van der Waals surface area contributed by atoms with Crippen LogP contribution in [-0.2, 0) is 34.7 Å². The van der Waals surface area contributed by atoms with Gasteiger partial charge in [-0.15, -0.1) is 0 Å². The smallest absolute Gasteiger partial charge is 0.203 e. The molecule has 0 saturated heterocycles. The Hall–Kier alpha value is -2.51. The minimum absolute atomic E-state index is 0.00771. The van der Waals surface area contributed by atoms with Crippen LogP contribution in [0.4, 0.5) is 0 Å². The summed E-state index contributed by atoms with van der Waals surface area (Å²) in [4.78, 5) is 24.3. The second kappa shape index (κ2) is 8.06. The van der Waals surface area contributed by atoms with Gasteiger partial charge in [0.2, 0.25) is 15.6 Å². The molecule has 0 aromatic heterocycles. The van der Waals surface area contributed by atoms with Gasteiger partial charge in [-0.05, 0) is 42.4 Å². The Kier molecular flexibility index (Phi) is 5.78. The zero-order valence-electron chi connectivity index (χ0n) is 18.0. The lowest BCUT2D eigenvalue weighted by molar-refractivity contribution is -0.110. The van der Waals surface area contributed by atoms with E-state index in [0.717, 1.165) is 0 Å². The minimum Gasteiger partial charge on any atom is -0.288 e. The van der Waals surface area contributed by atoms with E-state index < -0.39 is 30.9 Å². The van der Waals surface area contributed by atoms with Gasteiger partial charge in [-0.3, -0.25) is 4.79 Å². The highest BCUT2D eigenvalue weighted by Crippen LogP contribution is 2.46. The fraction of sp³-hybridized carbons (Fsp3) is 0.292. The van der Waals surface area contributed by atoms with Crippen LogP contribution in [0.25, 0.3) is 5.57 Å². The van der Waals surface area contributed by atoms with Crippen molar-refractivity contribution in [1.82, 2.24) is 0 Å². The molecule has 2 aliphatic rings. The third kappa shape index (κ3) is 3.81. The van der Waals surface area contributed by atoms with Gasteiger partial charge in [0.15, 0.2) is 9.84 Å². The number of rotatable bonds is 3. The normalized spacial score (nSPS) is 19.7. The number of carbonyl (C=O) groups excluding carboxylic acids is 2. The monoisotopic (exact) mass is 504 g/mol. The molecule has 2 aromatic carbocycles. The molecule has 1 aliphatic carbocycles. The van der Waals surface area contributed by atoms with Crippen LogP contribution >= 0.6 is 11.6 Å². The molecule has 9 heteroatoms. The van der Waals surface area contributed by atoms with Crippen molar-refractivity contribution in [3.05, 3.63) is 69.1 Å². The topological polar surface area (TPSA) is 102 Å². The molecule has 0 spiro atoms. The quantitative estimate of drug-likeness (QED) is 0.460. The lowest BCUT2D eigenvalue weighted by Crippen LogP contribution is -2.31. The van der Waals surface area contributed by atoms with Gasteiger partial charge in [0.25, 0.3) is 0 Å². The molecule has 0 atom stereocenters. The summed E-state index contributed by atoms with van der Waals surface area (Å²) in [5.41, 5.74) is -0.432. The van der Waals surface area contributed by atoms with Crippen molar-refractivity contribution in [2.75, 3.05) is 5.75 Å². The molecule has 33 heavy (non-hydrogen) atoms. The molecule has 0 saturated carbocycles. The molecule has 0 radical (unpaired) electrons. The first kappa shape index (κ1) is 23.6. The van der Waals surface area contributed by atoms with Gasteiger partial charge >= 0.3 is 0 Å². The van der Waals surface area contributed by atoms with Crippen LogP contribution in [0.3, 0.4) is 0 Å². The van der Waals surface area contributed by atoms with Crippen molar-refractivity contribution in [3.8, 4) is 0 Å². The summed E-state index contributed by atoms with van der Waals surface area (Å²) in [6.07, 6.45) is 0.223. The number of benzene rings is 2. The predicted octanol–water partition coefficient (Wildman–Crippen LogP) is 4.10. The van der Waals surface area contributed by atoms with Crippen molar-refractivity contribution in [3.63, 3.8) is 0 Å². The van der Waals surface area contributed by atoms with Crippen molar-refractivity contribution in [1.29, 1.82) is 0 Å². The van der Waals surface area contributed by atoms with E-state index in [4.69, 9.17) is 11.6 Å². The van der Waals surface area contributed by atoms with Crippen LogP contribution < -0.4 is 0 Å². The third-order valence-corrected chi connectivity index (χ3v) is 10.5. The molecular formula is C24H21ClO6S2. The van der Waals surface area contributed by atoms with Gasteiger partial charge in [-0.2, -0.15) is 0 Å². The maximum absolute atomic E-state index is 13.5. The Morgan fingerprint density at radius 3 is 2.33 bits per heavy atom. The number of hydrogen-bond donors (Lipinski definition) is 0. The van der Waals surface area contributed by atoms with E-state index in [9.17, 15) is 26.4 Å². The number of ketones is 1. The highest BCUT2D eigenvalue weighted by molar-refractivity contribution is 7.95. The molecule has 0 amide bonds. The summed E-state index contributed by atoms with van der Waals surface area (Å²) < 4.78 is 52.8. The van der Waals surface area contributed by atoms with Crippen LogP contribution in [-0.4, -0.2) is 34.3 Å². The number of fused-ring (bicyclic) bond motifs is 1. The molecule has 0 N–H and O–H groups in total.